The van der Waals surface area contributed by atoms with Crippen LogP contribution in [0.5, 0.6) is 0 Å². The second-order valence-corrected chi connectivity index (χ2v) is 16.9. The zero-order valence-electron chi connectivity index (χ0n) is 35.1. The maximum absolute atomic E-state index is 13.8. The number of amides is 5. The van der Waals surface area contributed by atoms with E-state index in [1.165, 1.54) is 0 Å². The number of aromatic nitrogens is 2. The Morgan fingerprint density at radius 1 is 0.893 bits per heavy atom. The van der Waals surface area contributed by atoms with E-state index in [1.807, 2.05) is 78.8 Å². The molecule has 0 bridgehead atoms. The van der Waals surface area contributed by atoms with Gasteiger partial charge in [-0.25, -0.2) is 14.8 Å². The summed E-state index contributed by atoms with van der Waals surface area (Å²) in [5, 5.41) is 25.7. The standard InChI is InChI=1S/C41H66N8O7/c1-12-25(4)33(38(54)45-23-28-22-44-26(5)46-35(28)42)49-36(52)29(24(2)3)21-31(50)34(40(6,7)8)48-32(51)18-19-43-37(53)30(20-27-16-14-13-15-17-27)47-39(55)56-41(9,10)11/h13-17,22,24-25,29-31,33-34,50H,12,18-21,23H2,1-11H3,(H,43,53)(H,45,54)(H,47,55)(H,48,51)(H,49,52)(H2,42,44,46)/t25-,29-,30-,31-,33-,34+/m0/s1. The quantitative estimate of drug-likeness (QED) is 0.109. The molecule has 0 aliphatic heterocycles. The molecule has 8 N–H and O–H groups in total. The summed E-state index contributed by atoms with van der Waals surface area (Å²) < 4.78 is 5.36. The fourth-order valence-corrected chi connectivity index (χ4v) is 6.05. The van der Waals surface area contributed by atoms with Crippen LogP contribution < -0.4 is 32.3 Å². The Balaban J connectivity index is 2.09. The Hall–Kier alpha value is -4.79. The molecule has 15 nitrogen and oxygen atoms in total. The number of hydrogen-bond donors (Lipinski definition) is 7. The average molecular weight is 783 g/mol. The molecular formula is C41H66N8O7. The molecule has 0 saturated heterocycles. The van der Waals surface area contributed by atoms with Gasteiger partial charge in [0.25, 0.3) is 0 Å². The molecule has 2 aromatic rings. The van der Waals surface area contributed by atoms with E-state index in [-0.39, 0.29) is 61.8 Å². The zero-order chi connectivity index (χ0) is 42.4. The molecule has 312 valence electrons. The summed E-state index contributed by atoms with van der Waals surface area (Å²) >= 11 is 0. The van der Waals surface area contributed by atoms with Gasteiger partial charge in [0.05, 0.1) is 12.1 Å². The van der Waals surface area contributed by atoms with Crippen molar-refractivity contribution in [3.8, 4) is 0 Å². The molecule has 0 unspecified atom stereocenters. The van der Waals surface area contributed by atoms with Crippen LogP contribution in [-0.2, 0) is 36.9 Å². The normalized spacial score (nSPS) is 15.0. The molecule has 0 aliphatic carbocycles. The van der Waals surface area contributed by atoms with Crippen LogP contribution in [0.2, 0.25) is 0 Å². The van der Waals surface area contributed by atoms with Crippen molar-refractivity contribution in [1.82, 2.24) is 36.6 Å². The fraction of sp³-hybridized carbons (Fsp3) is 0.634. The SMILES string of the molecule is CC[C@H](C)[C@H](NC(=O)[C@@H](C[C@H](O)[C@@H](NC(=O)CCNC(=O)[C@H](Cc1ccccc1)NC(=O)OC(C)(C)C)C(C)(C)C)C(C)C)C(=O)NCc1cnc(C)nc1N. The van der Waals surface area contributed by atoms with Crippen molar-refractivity contribution in [3.63, 3.8) is 0 Å². The highest BCUT2D eigenvalue weighted by Gasteiger charge is 2.38. The van der Waals surface area contributed by atoms with Crippen molar-refractivity contribution in [3.05, 3.63) is 53.5 Å². The first-order valence-corrected chi connectivity index (χ1v) is 19.5. The Labute approximate surface area is 332 Å². The van der Waals surface area contributed by atoms with Gasteiger partial charge in [-0.3, -0.25) is 19.2 Å². The van der Waals surface area contributed by atoms with E-state index in [0.29, 0.717) is 17.8 Å². The molecule has 0 spiro atoms. The van der Waals surface area contributed by atoms with E-state index < -0.39 is 59.1 Å². The molecule has 1 aromatic heterocycles. The molecule has 0 radical (unpaired) electrons. The topological polar surface area (TPSA) is 227 Å². The first-order chi connectivity index (χ1) is 26.0. The van der Waals surface area contributed by atoms with Crippen LogP contribution in [0.25, 0.3) is 0 Å². The Morgan fingerprint density at radius 2 is 1.54 bits per heavy atom. The van der Waals surface area contributed by atoms with Gasteiger partial charge in [-0.2, -0.15) is 0 Å². The van der Waals surface area contributed by atoms with Gasteiger partial charge in [-0.05, 0) is 56.9 Å². The molecule has 5 amide bonds. The van der Waals surface area contributed by atoms with E-state index in [0.717, 1.165) is 5.56 Å². The summed E-state index contributed by atoms with van der Waals surface area (Å²) in [7, 11) is 0. The molecule has 1 heterocycles. The number of aliphatic hydroxyl groups is 1. The van der Waals surface area contributed by atoms with Crippen LogP contribution in [0, 0.1) is 30.1 Å². The highest BCUT2D eigenvalue weighted by Crippen LogP contribution is 2.28. The Bertz CT molecular complexity index is 1610. The third-order valence-electron chi connectivity index (χ3n) is 9.48. The van der Waals surface area contributed by atoms with Crippen molar-refractivity contribution in [2.24, 2.45) is 23.2 Å². The number of aryl methyl sites for hydroxylation is 1. The molecule has 56 heavy (non-hydrogen) atoms. The first kappa shape index (κ1) is 47.4. The third kappa shape index (κ3) is 16.1. The number of carbonyl (C=O) groups is 5. The minimum Gasteiger partial charge on any atom is -0.444 e. The second kappa shape index (κ2) is 21.5. The van der Waals surface area contributed by atoms with E-state index >= 15 is 0 Å². The maximum Gasteiger partial charge on any atom is 0.408 e. The van der Waals surface area contributed by atoms with Crippen molar-refractivity contribution in [2.45, 2.75) is 138 Å². The van der Waals surface area contributed by atoms with Gasteiger partial charge in [0.1, 0.15) is 29.3 Å². The lowest BCUT2D eigenvalue weighted by atomic mass is 9.78. The van der Waals surface area contributed by atoms with Crippen LogP contribution in [0.3, 0.4) is 0 Å². The van der Waals surface area contributed by atoms with E-state index in [1.54, 1.807) is 33.9 Å². The van der Waals surface area contributed by atoms with Crippen molar-refractivity contribution in [2.75, 3.05) is 12.3 Å². The molecule has 2 rings (SSSR count). The minimum absolute atomic E-state index is 0.0199. The predicted octanol–water partition coefficient (Wildman–Crippen LogP) is 3.71. The van der Waals surface area contributed by atoms with Crippen LogP contribution in [0.4, 0.5) is 10.6 Å². The van der Waals surface area contributed by atoms with Crippen molar-refractivity contribution < 1.29 is 33.8 Å². The zero-order valence-corrected chi connectivity index (χ0v) is 35.1. The number of rotatable bonds is 19. The largest absolute Gasteiger partial charge is 0.444 e. The third-order valence-corrected chi connectivity index (χ3v) is 9.48. The first-order valence-electron chi connectivity index (χ1n) is 19.5. The average Bonchev–Trinajstić information content (AvgIpc) is 3.09. The van der Waals surface area contributed by atoms with Crippen LogP contribution in [-0.4, -0.2) is 81.2 Å². The Morgan fingerprint density at radius 3 is 2.09 bits per heavy atom. The van der Waals surface area contributed by atoms with Gasteiger partial charge in [-0.15, -0.1) is 0 Å². The summed E-state index contributed by atoms with van der Waals surface area (Å²) in [6.45, 7) is 20.1. The number of carbonyl (C=O) groups excluding carboxylic acids is 5. The molecule has 0 aliphatic rings. The maximum atomic E-state index is 13.8. The monoisotopic (exact) mass is 783 g/mol. The second-order valence-electron chi connectivity index (χ2n) is 16.9. The predicted molar refractivity (Wildman–Crippen MR) is 216 cm³/mol. The molecule has 1 aromatic carbocycles. The van der Waals surface area contributed by atoms with Crippen molar-refractivity contribution >= 4 is 35.5 Å². The van der Waals surface area contributed by atoms with Gasteiger partial charge < -0.3 is 42.2 Å². The van der Waals surface area contributed by atoms with E-state index in [9.17, 15) is 29.1 Å². The highest BCUT2D eigenvalue weighted by molar-refractivity contribution is 5.89. The van der Waals surface area contributed by atoms with Gasteiger partial charge in [0.2, 0.25) is 23.6 Å². The number of aliphatic hydroxyl groups excluding tert-OH is 1. The summed E-state index contributed by atoms with van der Waals surface area (Å²) in [6, 6.07) is 6.66. The lowest BCUT2D eigenvalue weighted by Gasteiger charge is -2.37. The van der Waals surface area contributed by atoms with Gasteiger partial charge in [0.15, 0.2) is 0 Å². The number of alkyl carbamates (subject to hydrolysis) is 1. The number of nitrogens with one attached hydrogen (secondary N) is 5. The number of nitrogens with two attached hydrogens (primary N) is 1. The summed E-state index contributed by atoms with van der Waals surface area (Å²) in [6.07, 6.45) is 0.444. The molecule has 15 heteroatoms. The van der Waals surface area contributed by atoms with Crippen molar-refractivity contribution in [1.29, 1.82) is 0 Å². The van der Waals surface area contributed by atoms with Gasteiger partial charge in [-0.1, -0.05) is 85.2 Å². The van der Waals surface area contributed by atoms with Gasteiger partial charge in [0, 0.05) is 43.6 Å². The summed E-state index contributed by atoms with van der Waals surface area (Å²) in [5.74, 6) is -1.98. The highest BCUT2D eigenvalue weighted by atomic mass is 16.6. The number of nitrogen functional groups attached to an aromatic ring is 1. The number of hydrogen-bond acceptors (Lipinski definition) is 10. The smallest absolute Gasteiger partial charge is 0.408 e. The van der Waals surface area contributed by atoms with E-state index in [2.05, 4.69) is 36.6 Å². The Kier molecular flexibility index (Phi) is 18.2. The molecular weight excluding hydrogens is 716 g/mol. The minimum atomic E-state index is -1.12. The van der Waals surface area contributed by atoms with Crippen LogP contribution >= 0.6 is 0 Å². The summed E-state index contributed by atoms with van der Waals surface area (Å²) in [4.78, 5) is 74.6. The van der Waals surface area contributed by atoms with E-state index in [4.69, 9.17) is 10.5 Å². The molecule has 0 saturated carbocycles. The summed E-state index contributed by atoms with van der Waals surface area (Å²) in [5.41, 5.74) is 6.01. The fourth-order valence-electron chi connectivity index (χ4n) is 6.05. The number of benzene rings is 1. The van der Waals surface area contributed by atoms with Crippen LogP contribution in [0.1, 0.15) is 105 Å². The van der Waals surface area contributed by atoms with Gasteiger partial charge >= 0.3 is 6.09 Å². The lowest BCUT2D eigenvalue weighted by Crippen LogP contribution is -2.55. The molecule has 6 atom stereocenters. The number of nitrogens with zero attached hydrogens (tertiary/aromatic N) is 2. The van der Waals surface area contributed by atoms with Crippen LogP contribution in [0.15, 0.2) is 36.5 Å². The number of anilines is 1. The lowest BCUT2D eigenvalue weighted by molar-refractivity contribution is -0.134. The molecule has 0 fully saturated rings. The number of ether oxygens (including phenoxy) is 1.